The Bertz CT molecular complexity index is 1130. The third kappa shape index (κ3) is 5.06. The molecule has 2 heterocycles. The van der Waals surface area contributed by atoms with Crippen molar-refractivity contribution in [2.75, 3.05) is 38.8 Å². The molecule has 33 heavy (non-hydrogen) atoms. The second-order valence-corrected chi connectivity index (χ2v) is 8.01. The molecule has 0 unspecified atom stereocenters. The van der Waals surface area contributed by atoms with E-state index in [1.807, 2.05) is 6.92 Å². The summed E-state index contributed by atoms with van der Waals surface area (Å²) in [6.45, 7) is 2.85. The normalized spacial score (nSPS) is 16.2. The van der Waals surface area contributed by atoms with Gasteiger partial charge in [-0.2, -0.15) is 0 Å². The van der Waals surface area contributed by atoms with Crippen LogP contribution in [0.1, 0.15) is 12.5 Å². The van der Waals surface area contributed by atoms with Crippen molar-refractivity contribution in [1.29, 1.82) is 0 Å². The highest BCUT2D eigenvalue weighted by Crippen LogP contribution is 2.35. The van der Waals surface area contributed by atoms with Crippen molar-refractivity contribution in [3.05, 3.63) is 46.9 Å². The van der Waals surface area contributed by atoms with E-state index in [1.54, 1.807) is 42.5 Å². The summed E-state index contributed by atoms with van der Waals surface area (Å²) >= 11 is 0.781. The van der Waals surface area contributed by atoms with Gasteiger partial charge in [0.05, 0.1) is 18.6 Å². The summed E-state index contributed by atoms with van der Waals surface area (Å²) in [5.41, 5.74) is 1.15. The molecule has 9 nitrogen and oxygen atoms in total. The maximum absolute atomic E-state index is 12.8. The molecule has 0 saturated carbocycles. The van der Waals surface area contributed by atoms with Crippen LogP contribution < -0.4 is 24.3 Å². The second kappa shape index (κ2) is 9.86. The molecular formula is C23H22N2O7S. The third-order valence-corrected chi connectivity index (χ3v) is 5.69. The predicted molar refractivity (Wildman–Crippen MR) is 123 cm³/mol. The largest absolute Gasteiger partial charge is 0.493 e. The Morgan fingerprint density at radius 3 is 2.67 bits per heavy atom. The Balaban J connectivity index is 1.43. The quantitative estimate of drug-likeness (QED) is 0.613. The molecule has 10 heteroatoms. The molecule has 0 bridgehead atoms. The zero-order valence-electron chi connectivity index (χ0n) is 18.1. The van der Waals surface area contributed by atoms with Gasteiger partial charge in [-0.1, -0.05) is 6.07 Å². The van der Waals surface area contributed by atoms with E-state index in [0.717, 1.165) is 16.7 Å². The van der Waals surface area contributed by atoms with Gasteiger partial charge in [-0.05, 0) is 54.6 Å². The van der Waals surface area contributed by atoms with Crippen molar-refractivity contribution in [1.82, 2.24) is 4.90 Å². The number of nitrogens with one attached hydrogen (secondary N) is 1. The highest BCUT2D eigenvalue weighted by atomic mass is 32.2. The molecule has 2 aromatic rings. The standard InChI is InChI=1S/C23H22N2O7S/c1-3-30-16-6-4-14(10-18(16)29-2)11-20-22(27)25(23(28)33-20)13-21(26)24-15-5-7-17-19(12-15)32-9-8-31-17/h4-7,10-12H,3,8-9,13H2,1-2H3,(H,24,26)/b20-11+. The Morgan fingerprint density at radius 2 is 1.91 bits per heavy atom. The first-order chi connectivity index (χ1) is 16.0. The monoisotopic (exact) mass is 470 g/mol. The van der Waals surface area contributed by atoms with Crippen LogP contribution in [0.2, 0.25) is 0 Å². The number of fused-ring (bicyclic) bond motifs is 1. The van der Waals surface area contributed by atoms with Crippen LogP contribution in [0, 0.1) is 0 Å². The summed E-state index contributed by atoms with van der Waals surface area (Å²) < 4.78 is 21.8. The number of carbonyl (C=O) groups excluding carboxylic acids is 3. The fourth-order valence-corrected chi connectivity index (χ4v) is 4.14. The summed E-state index contributed by atoms with van der Waals surface area (Å²) in [5.74, 6) is 1.19. The van der Waals surface area contributed by atoms with Crippen LogP contribution in [0.25, 0.3) is 6.08 Å². The second-order valence-electron chi connectivity index (χ2n) is 7.02. The number of nitrogens with zero attached hydrogens (tertiary/aromatic N) is 1. The maximum atomic E-state index is 12.8. The molecule has 172 valence electrons. The van der Waals surface area contributed by atoms with Gasteiger partial charge < -0.3 is 24.3 Å². The summed E-state index contributed by atoms with van der Waals surface area (Å²) in [6.07, 6.45) is 1.59. The first kappa shape index (κ1) is 22.5. The lowest BCUT2D eigenvalue weighted by Gasteiger charge is -2.19. The number of methoxy groups -OCH3 is 1. The first-order valence-electron chi connectivity index (χ1n) is 10.2. The van der Waals surface area contributed by atoms with Gasteiger partial charge in [-0.3, -0.25) is 19.3 Å². The van der Waals surface area contributed by atoms with Gasteiger partial charge >= 0.3 is 0 Å². The molecule has 0 aromatic heterocycles. The topological polar surface area (TPSA) is 103 Å². The molecule has 1 N–H and O–H groups in total. The van der Waals surface area contributed by atoms with E-state index in [0.29, 0.717) is 54.1 Å². The molecule has 1 fully saturated rings. The van der Waals surface area contributed by atoms with Crippen LogP contribution >= 0.6 is 11.8 Å². The van der Waals surface area contributed by atoms with Crippen LogP contribution in [0.4, 0.5) is 10.5 Å². The molecule has 0 aliphatic carbocycles. The number of rotatable bonds is 7. The molecule has 2 aromatic carbocycles. The van der Waals surface area contributed by atoms with E-state index in [9.17, 15) is 14.4 Å². The number of imide groups is 1. The SMILES string of the molecule is CCOc1ccc(/C=C2/SC(=O)N(CC(=O)Nc3ccc4c(c3)OCCO4)C2=O)cc1OC. The molecule has 0 atom stereocenters. The molecule has 1 saturated heterocycles. The minimum atomic E-state index is -0.532. The molecule has 3 amide bonds. The number of anilines is 1. The maximum Gasteiger partial charge on any atom is 0.294 e. The van der Waals surface area contributed by atoms with Crippen molar-refractivity contribution in [2.45, 2.75) is 6.92 Å². The number of carbonyl (C=O) groups is 3. The van der Waals surface area contributed by atoms with E-state index in [1.165, 1.54) is 7.11 Å². The number of thioether (sulfide) groups is 1. The van der Waals surface area contributed by atoms with Crippen LogP contribution in [-0.2, 0) is 9.59 Å². The fourth-order valence-electron chi connectivity index (χ4n) is 3.30. The highest BCUT2D eigenvalue weighted by molar-refractivity contribution is 8.18. The van der Waals surface area contributed by atoms with Gasteiger partial charge in [0.2, 0.25) is 5.91 Å². The number of hydrogen-bond acceptors (Lipinski definition) is 8. The Hall–Kier alpha value is -3.66. The average molecular weight is 471 g/mol. The van der Waals surface area contributed by atoms with E-state index in [2.05, 4.69) is 5.32 Å². The first-order valence-corrected chi connectivity index (χ1v) is 11.1. The number of hydrogen-bond donors (Lipinski definition) is 1. The van der Waals surface area contributed by atoms with Gasteiger partial charge in [0, 0.05) is 11.8 Å². The number of amides is 3. The van der Waals surface area contributed by atoms with Crippen molar-refractivity contribution in [3.8, 4) is 23.0 Å². The summed E-state index contributed by atoms with van der Waals surface area (Å²) in [7, 11) is 1.52. The fraction of sp³-hybridized carbons (Fsp3) is 0.261. The van der Waals surface area contributed by atoms with Crippen LogP contribution in [-0.4, -0.2) is 55.4 Å². The molecular weight excluding hydrogens is 448 g/mol. The van der Waals surface area contributed by atoms with Crippen molar-refractivity contribution >= 4 is 40.6 Å². The van der Waals surface area contributed by atoms with E-state index < -0.39 is 23.6 Å². The smallest absolute Gasteiger partial charge is 0.294 e. The van der Waals surface area contributed by atoms with Crippen LogP contribution in [0.3, 0.4) is 0 Å². The van der Waals surface area contributed by atoms with E-state index in [4.69, 9.17) is 18.9 Å². The Morgan fingerprint density at radius 1 is 1.12 bits per heavy atom. The van der Waals surface area contributed by atoms with Gasteiger partial charge in [0.15, 0.2) is 23.0 Å². The van der Waals surface area contributed by atoms with Crippen LogP contribution in [0.5, 0.6) is 23.0 Å². The van der Waals surface area contributed by atoms with E-state index >= 15 is 0 Å². The lowest BCUT2D eigenvalue weighted by molar-refractivity contribution is -0.127. The molecule has 0 spiro atoms. The minimum Gasteiger partial charge on any atom is -0.493 e. The molecule has 4 rings (SSSR count). The van der Waals surface area contributed by atoms with Crippen LogP contribution in [0.15, 0.2) is 41.3 Å². The lowest BCUT2D eigenvalue weighted by Crippen LogP contribution is -2.36. The van der Waals surface area contributed by atoms with E-state index in [-0.39, 0.29) is 4.91 Å². The summed E-state index contributed by atoms with van der Waals surface area (Å²) in [5, 5.41) is 2.17. The average Bonchev–Trinajstić information content (AvgIpc) is 3.07. The summed E-state index contributed by atoms with van der Waals surface area (Å²) in [6, 6.07) is 10.2. The Labute approximate surface area is 194 Å². The van der Waals surface area contributed by atoms with Gasteiger partial charge in [0.25, 0.3) is 11.1 Å². The van der Waals surface area contributed by atoms with Crippen molar-refractivity contribution < 1.29 is 33.3 Å². The molecule has 2 aliphatic rings. The molecule has 0 radical (unpaired) electrons. The summed E-state index contributed by atoms with van der Waals surface area (Å²) in [4.78, 5) is 38.8. The van der Waals surface area contributed by atoms with Crippen molar-refractivity contribution in [3.63, 3.8) is 0 Å². The zero-order chi connectivity index (χ0) is 23.4. The minimum absolute atomic E-state index is 0.221. The van der Waals surface area contributed by atoms with Crippen molar-refractivity contribution in [2.24, 2.45) is 0 Å². The van der Waals surface area contributed by atoms with Gasteiger partial charge in [-0.25, -0.2) is 0 Å². The molecule has 2 aliphatic heterocycles. The third-order valence-electron chi connectivity index (χ3n) is 4.79. The lowest BCUT2D eigenvalue weighted by atomic mass is 10.2. The number of benzene rings is 2. The number of ether oxygens (including phenoxy) is 4. The van der Waals surface area contributed by atoms with Gasteiger partial charge in [-0.15, -0.1) is 0 Å². The predicted octanol–water partition coefficient (Wildman–Crippen LogP) is 3.54. The highest BCUT2D eigenvalue weighted by Gasteiger charge is 2.36. The zero-order valence-corrected chi connectivity index (χ0v) is 18.9. The van der Waals surface area contributed by atoms with Gasteiger partial charge in [0.1, 0.15) is 19.8 Å². The Kier molecular flexibility index (Phi) is 6.74.